The first kappa shape index (κ1) is 22.0. The Kier molecular flexibility index (Phi) is 6.47. The number of imidazole rings is 1. The highest BCUT2D eigenvalue weighted by Gasteiger charge is 2.27. The number of halogens is 1. The van der Waals surface area contributed by atoms with Crippen LogP contribution in [0.25, 0.3) is 0 Å². The second kappa shape index (κ2) is 10.00. The molecule has 0 spiro atoms. The van der Waals surface area contributed by atoms with E-state index >= 15 is 0 Å². The van der Waals surface area contributed by atoms with Crippen molar-refractivity contribution in [2.75, 3.05) is 13.1 Å². The maximum atomic E-state index is 13.5. The number of hydrogen-bond acceptors (Lipinski definition) is 3. The van der Waals surface area contributed by atoms with Crippen molar-refractivity contribution < 1.29 is 9.18 Å². The van der Waals surface area contributed by atoms with Gasteiger partial charge in [0.25, 0.3) is 5.91 Å². The maximum absolute atomic E-state index is 13.5. The van der Waals surface area contributed by atoms with Gasteiger partial charge in [0.2, 0.25) is 0 Å². The van der Waals surface area contributed by atoms with E-state index in [1.165, 1.54) is 12.1 Å². The summed E-state index contributed by atoms with van der Waals surface area (Å²) < 4.78 is 15.2. The molecule has 0 N–H and O–H groups in total. The van der Waals surface area contributed by atoms with Crippen molar-refractivity contribution >= 4 is 5.91 Å². The first-order valence-corrected chi connectivity index (χ1v) is 11.7. The molecule has 2 aromatic carbocycles. The quantitative estimate of drug-likeness (QED) is 0.408. The monoisotopic (exact) mass is 454 g/mol. The third-order valence-corrected chi connectivity index (χ3v) is 6.41. The summed E-state index contributed by atoms with van der Waals surface area (Å²) in [4.78, 5) is 24.5. The van der Waals surface area contributed by atoms with Crippen LogP contribution in [-0.2, 0) is 13.0 Å². The average Bonchev–Trinajstić information content (AvgIpc) is 3.39. The number of hydrogen-bond donors (Lipinski definition) is 0. The molecule has 1 fully saturated rings. The van der Waals surface area contributed by atoms with E-state index < -0.39 is 0 Å². The standard InChI is InChI=1S/C28H27FN4O/c29-24-12-10-21(11-13-24)17-25-7-3-9-27(31-25)23-6-4-15-33(19-23)28(34)26-8-2-1-5-22(26)18-32-16-14-30-20-32/h1-3,5,7-14,16,20,23H,4,6,15,17-19H2/t23-/m0/s1. The normalized spacial score (nSPS) is 15.9. The van der Waals surface area contributed by atoms with E-state index in [1.807, 2.05) is 52.1 Å². The average molecular weight is 455 g/mol. The fraction of sp³-hybridized carbons (Fsp3) is 0.250. The Hall–Kier alpha value is -3.80. The molecule has 1 aliphatic heterocycles. The second-order valence-electron chi connectivity index (χ2n) is 8.84. The van der Waals surface area contributed by atoms with Gasteiger partial charge in [-0.2, -0.15) is 0 Å². The molecule has 5 nitrogen and oxygen atoms in total. The van der Waals surface area contributed by atoms with Crippen molar-refractivity contribution in [2.24, 2.45) is 0 Å². The molecule has 0 aliphatic carbocycles. The zero-order chi connectivity index (χ0) is 23.3. The zero-order valence-electron chi connectivity index (χ0n) is 19.0. The summed E-state index contributed by atoms with van der Waals surface area (Å²) in [6.45, 7) is 2.03. The molecule has 0 bridgehead atoms. The number of likely N-dealkylation sites (tertiary alicyclic amines) is 1. The maximum Gasteiger partial charge on any atom is 0.254 e. The van der Waals surface area contributed by atoms with Crippen LogP contribution >= 0.6 is 0 Å². The molecule has 172 valence electrons. The third-order valence-electron chi connectivity index (χ3n) is 6.41. The summed E-state index contributed by atoms with van der Waals surface area (Å²) in [6.07, 6.45) is 8.03. The van der Waals surface area contributed by atoms with Crippen LogP contribution in [0.3, 0.4) is 0 Å². The van der Waals surface area contributed by atoms with Gasteiger partial charge < -0.3 is 9.47 Å². The summed E-state index contributed by atoms with van der Waals surface area (Å²) in [5, 5.41) is 0. The van der Waals surface area contributed by atoms with Crippen LogP contribution in [0.1, 0.15) is 51.6 Å². The van der Waals surface area contributed by atoms with Crippen molar-refractivity contribution in [3.05, 3.63) is 119 Å². The Balaban J connectivity index is 1.31. The SMILES string of the molecule is O=C(c1ccccc1Cn1ccnc1)N1CCC[C@H](c2cccc(Cc3ccc(F)cc3)n2)C1. The molecule has 1 aliphatic rings. The fourth-order valence-electron chi connectivity index (χ4n) is 4.65. The molecule has 0 saturated carbocycles. The van der Waals surface area contributed by atoms with Gasteiger partial charge in [-0.3, -0.25) is 9.78 Å². The molecular formula is C28H27FN4O. The van der Waals surface area contributed by atoms with Crippen LogP contribution in [0.15, 0.2) is 85.5 Å². The van der Waals surface area contributed by atoms with E-state index in [0.717, 1.165) is 47.5 Å². The van der Waals surface area contributed by atoms with Crippen LogP contribution in [0, 0.1) is 5.82 Å². The summed E-state index contributed by atoms with van der Waals surface area (Å²) in [7, 11) is 0. The van der Waals surface area contributed by atoms with Crippen LogP contribution in [-0.4, -0.2) is 38.4 Å². The van der Waals surface area contributed by atoms with Gasteiger partial charge in [-0.25, -0.2) is 9.37 Å². The summed E-state index contributed by atoms with van der Waals surface area (Å²) in [5.74, 6) is 0.0404. The van der Waals surface area contributed by atoms with Crippen LogP contribution < -0.4 is 0 Å². The predicted octanol–water partition coefficient (Wildman–Crippen LogP) is 5.08. The highest BCUT2D eigenvalue weighted by molar-refractivity contribution is 5.95. The smallest absolute Gasteiger partial charge is 0.254 e. The molecule has 1 amide bonds. The van der Waals surface area contributed by atoms with Gasteiger partial charge in [0, 0.05) is 61.3 Å². The van der Waals surface area contributed by atoms with Crippen LogP contribution in [0.5, 0.6) is 0 Å². The first-order chi connectivity index (χ1) is 16.7. The number of rotatable bonds is 6. The van der Waals surface area contributed by atoms with E-state index in [4.69, 9.17) is 4.98 Å². The zero-order valence-corrected chi connectivity index (χ0v) is 19.0. The first-order valence-electron chi connectivity index (χ1n) is 11.7. The van der Waals surface area contributed by atoms with Gasteiger partial charge in [0.15, 0.2) is 0 Å². The van der Waals surface area contributed by atoms with Gasteiger partial charge in [0.1, 0.15) is 5.82 Å². The van der Waals surface area contributed by atoms with Crippen molar-refractivity contribution in [2.45, 2.75) is 31.7 Å². The Bertz CT molecular complexity index is 1250. The van der Waals surface area contributed by atoms with E-state index in [2.05, 4.69) is 11.1 Å². The van der Waals surface area contributed by atoms with E-state index in [-0.39, 0.29) is 17.6 Å². The highest BCUT2D eigenvalue weighted by atomic mass is 19.1. The van der Waals surface area contributed by atoms with E-state index in [0.29, 0.717) is 19.5 Å². The lowest BCUT2D eigenvalue weighted by Gasteiger charge is -2.33. The number of carbonyl (C=O) groups is 1. The van der Waals surface area contributed by atoms with E-state index in [1.54, 1.807) is 24.7 Å². The lowest BCUT2D eigenvalue weighted by Crippen LogP contribution is -2.39. The molecule has 3 heterocycles. The number of pyridine rings is 1. The van der Waals surface area contributed by atoms with Crippen molar-refractivity contribution in [3.8, 4) is 0 Å². The molecule has 6 heteroatoms. The lowest BCUT2D eigenvalue weighted by atomic mass is 9.93. The lowest BCUT2D eigenvalue weighted by molar-refractivity contribution is 0.0704. The number of carbonyl (C=O) groups excluding carboxylic acids is 1. The molecule has 0 unspecified atom stereocenters. The van der Waals surface area contributed by atoms with Gasteiger partial charge >= 0.3 is 0 Å². The molecule has 4 aromatic rings. The minimum Gasteiger partial charge on any atom is -0.338 e. The molecule has 1 saturated heterocycles. The van der Waals surface area contributed by atoms with Crippen LogP contribution in [0.4, 0.5) is 4.39 Å². The topological polar surface area (TPSA) is 51.0 Å². The number of piperidine rings is 1. The summed E-state index contributed by atoms with van der Waals surface area (Å²) in [5.41, 5.74) is 4.74. The van der Waals surface area contributed by atoms with Gasteiger partial charge in [-0.1, -0.05) is 36.4 Å². The number of benzene rings is 2. The van der Waals surface area contributed by atoms with Crippen molar-refractivity contribution in [3.63, 3.8) is 0 Å². The Morgan fingerprint density at radius 3 is 2.71 bits per heavy atom. The minimum atomic E-state index is -0.232. The molecule has 1 atom stereocenters. The van der Waals surface area contributed by atoms with Gasteiger partial charge in [-0.15, -0.1) is 0 Å². The largest absolute Gasteiger partial charge is 0.338 e. The summed E-state index contributed by atoms with van der Waals surface area (Å²) >= 11 is 0. The Morgan fingerprint density at radius 2 is 1.88 bits per heavy atom. The van der Waals surface area contributed by atoms with Gasteiger partial charge in [-0.05, 0) is 54.3 Å². The highest BCUT2D eigenvalue weighted by Crippen LogP contribution is 2.28. The van der Waals surface area contributed by atoms with Crippen LogP contribution in [0.2, 0.25) is 0 Å². The third kappa shape index (κ3) is 5.06. The number of amides is 1. The number of aromatic nitrogens is 3. The van der Waals surface area contributed by atoms with E-state index in [9.17, 15) is 9.18 Å². The minimum absolute atomic E-state index is 0.0721. The Labute approximate surface area is 198 Å². The van der Waals surface area contributed by atoms with Gasteiger partial charge in [0.05, 0.1) is 6.33 Å². The summed E-state index contributed by atoms with van der Waals surface area (Å²) in [6, 6.07) is 20.5. The van der Waals surface area contributed by atoms with Crippen molar-refractivity contribution in [1.29, 1.82) is 0 Å². The molecule has 0 radical (unpaired) electrons. The Morgan fingerprint density at radius 1 is 1.03 bits per heavy atom. The molecule has 2 aromatic heterocycles. The molecular weight excluding hydrogens is 427 g/mol. The predicted molar refractivity (Wildman–Crippen MR) is 129 cm³/mol. The molecule has 5 rings (SSSR count). The fourth-order valence-corrected chi connectivity index (χ4v) is 4.65. The second-order valence-corrected chi connectivity index (χ2v) is 8.84. The van der Waals surface area contributed by atoms with Crippen molar-refractivity contribution in [1.82, 2.24) is 19.4 Å². The number of nitrogens with zero attached hydrogens (tertiary/aromatic N) is 4. The molecule has 34 heavy (non-hydrogen) atoms.